The number of hydrogen-bond donors (Lipinski definition) is 6. The van der Waals surface area contributed by atoms with Crippen molar-refractivity contribution in [1.29, 1.82) is 0 Å². The average molecular weight is 846 g/mol. The van der Waals surface area contributed by atoms with Crippen LogP contribution >= 0.6 is 15.9 Å². The number of ketones is 1. The van der Waals surface area contributed by atoms with E-state index in [1.165, 1.54) is 12.3 Å². The minimum absolute atomic E-state index is 0.00525. The van der Waals surface area contributed by atoms with Gasteiger partial charge in [0.1, 0.15) is 35.6 Å². The summed E-state index contributed by atoms with van der Waals surface area (Å²) in [6.45, 7) is 3.37. The number of alkyl carbamates (subject to hydrolysis) is 1. The molecule has 6 N–H and O–H groups in total. The molecule has 58 heavy (non-hydrogen) atoms. The SMILES string of the molecule is CC(C)[C@@H]1NC(=O)[C@@H](NC(=O)OCc2ccccc2)Cc2ccc3c(c2)[C@@]2(c4cccc(Br)c4NC2O3)c2oc1nc2C(=O)NCC(=O)c1c[nH]c2c(O)cccc12. The Morgan fingerprint density at radius 2 is 1.83 bits per heavy atom. The number of oxazole rings is 1. The first kappa shape index (κ1) is 37.0. The number of fused-ring (bicyclic) bond motifs is 5. The number of aromatic hydroxyl groups is 1. The lowest BCUT2D eigenvalue weighted by Crippen LogP contribution is -2.49. The number of para-hydroxylation sites is 2. The molecule has 3 amide bonds. The van der Waals surface area contributed by atoms with Crippen molar-refractivity contribution in [2.24, 2.45) is 5.92 Å². The molecule has 0 fully saturated rings. The van der Waals surface area contributed by atoms with Crippen LogP contribution in [0.15, 0.2) is 100 Å². The fourth-order valence-electron chi connectivity index (χ4n) is 8.11. The maximum Gasteiger partial charge on any atom is 0.408 e. The number of phenols is 1. The Balaban J connectivity index is 1.13. The molecule has 4 bridgehead atoms. The van der Waals surface area contributed by atoms with Gasteiger partial charge in [-0.3, -0.25) is 14.4 Å². The molecule has 14 nitrogen and oxygen atoms in total. The summed E-state index contributed by atoms with van der Waals surface area (Å²) in [6.07, 6.45) is 0.0233. The summed E-state index contributed by atoms with van der Waals surface area (Å²) >= 11 is 3.68. The summed E-state index contributed by atoms with van der Waals surface area (Å²) in [5.41, 5.74) is 2.94. The van der Waals surface area contributed by atoms with Gasteiger partial charge < -0.3 is 45.2 Å². The summed E-state index contributed by atoms with van der Waals surface area (Å²) < 4.78 is 19.6. The number of ether oxygens (including phenoxy) is 2. The van der Waals surface area contributed by atoms with Gasteiger partial charge in [0.05, 0.1) is 17.7 Å². The molecule has 9 rings (SSSR count). The molecule has 3 aliphatic heterocycles. The lowest BCUT2D eigenvalue weighted by molar-refractivity contribution is -0.124. The summed E-state index contributed by atoms with van der Waals surface area (Å²) in [4.78, 5) is 63.2. The largest absolute Gasteiger partial charge is 0.506 e. The highest BCUT2D eigenvalue weighted by Crippen LogP contribution is 2.59. The van der Waals surface area contributed by atoms with Crippen molar-refractivity contribution in [2.75, 3.05) is 11.9 Å². The molecule has 0 saturated heterocycles. The highest BCUT2D eigenvalue weighted by Gasteiger charge is 2.61. The number of amides is 3. The standard InChI is InChI=1S/C43H37BrN6O8/c1-21(2)33-40-49-36(39(54)46-19-31(52)25-18-45-34-24(25)10-6-13-30(34)51)37(58-40)43-26-11-7-12-28(44)35(26)50-41(43)57-32-15-14-23(16-27(32)43)17-29(38(53)48-33)47-42(55)56-20-22-8-4-3-5-9-22/h3-16,18,21,29,33,41,45,50-51H,17,19-20H2,1-2H3,(H,46,54)(H,47,55)(H,48,53)/t29-,33-,41?,43-/m0/s1. The van der Waals surface area contributed by atoms with Gasteiger partial charge in [0.15, 0.2) is 23.5 Å². The van der Waals surface area contributed by atoms with Crippen LogP contribution < -0.4 is 26.0 Å². The second-order valence-electron chi connectivity index (χ2n) is 14.9. The molecular weight excluding hydrogens is 808 g/mol. The quantitative estimate of drug-likeness (QED) is 0.0936. The number of H-pyrrole nitrogens is 1. The number of aromatic nitrogens is 2. The molecule has 0 radical (unpaired) electrons. The fourth-order valence-corrected chi connectivity index (χ4v) is 8.59. The predicted molar refractivity (Wildman–Crippen MR) is 215 cm³/mol. The number of nitrogens with zero attached hydrogens (tertiary/aromatic N) is 1. The number of carbonyl (C=O) groups is 4. The molecule has 2 aromatic heterocycles. The smallest absolute Gasteiger partial charge is 0.408 e. The maximum absolute atomic E-state index is 14.5. The van der Waals surface area contributed by atoms with E-state index in [4.69, 9.17) is 18.9 Å². The van der Waals surface area contributed by atoms with Gasteiger partial charge in [0.2, 0.25) is 11.8 Å². The van der Waals surface area contributed by atoms with E-state index in [9.17, 15) is 24.3 Å². The predicted octanol–water partition coefficient (Wildman–Crippen LogP) is 6.38. The lowest BCUT2D eigenvalue weighted by Gasteiger charge is -2.28. The third-order valence-electron chi connectivity index (χ3n) is 10.9. The van der Waals surface area contributed by atoms with Gasteiger partial charge in [-0.05, 0) is 51.2 Å². The number of carbonyl (C=O) groups excluding carboxylic acids is 4. The van der Waals surface area contributed by atoms with Crippen LogP contribution in [0.3, 0.4) is 0 Å². The number of nitrogens with one attached hydrogen (secondary N) is 5. The third-order valence-corrected chi connectivity index (χ3v) is 11.6. The van der Waals surface area contributed by atoms with E-state index in [0.29, 0.717) is 33.3 Å². The van der Waals surface area contributed by atoms with Gasteiger partial charge in [-0.15, -0.1) is 0 Å². The molecule has 0 saturated carbocycles. The van der Waals surface area contributed by atoms with E-state index >= 15 is 0 Å². The Morgan fingerprint density at radius 3 is 2.64 bits per heavy atom. The van der Waals surface area contributed by atoms with E-state index in [0.717, 1.165) is 21.3 Å². The molecular formula is C43H37BrN6O8. The molecule has 1 unspecified atom stereocenters. The minimum Gasteiger partial charge on any atom is -0.506 e. The van der Waals surface area contributed by atoms with Crippen molar-refractivity contribution in [3.63, 3.8) is 0 Å². The summed E-state index contributed by atoms with van der Waals surface area (Å²) in [6, 6.07) is 23.4. The van der Waals surface area contributed by atoms with E-state index in [-0.39, 0.29) is 42.0 Å². The monoisotopic (exact) mass is 844 g/mol. The van der Waals surface area contributed by atoms with Crippen molar-refractivity contribution >= 4 is 56.2 Å². The molecule has 3 aliphatic rings. The highest BCUT2D eigenvalue weighted by atomic mass is 79.9. The van der Waals surface area contributed by atoms with Crippen molar-refractivity contribution in [3.8, 4) is 11.5 Å². The number of Topliss-reactive ketones (excluding diaryl/α,β-unsaturated/α-hetero) is 1. The van der Waals surface area contributed by atoms with E-state index in [2.05, 4.69) is 42.2 Å². The van der Waals surface area contributed by atoms with Crippen LogP contribution in [0.2, 0.25) is 0 Å². The van der Waals surface area contributed by atoms with Crippen LogP contribution in [0.5, 0.6) is 11.5 Å². The van der Waals surface area contributed by atoms with E-state index in [1.54, 1.807) is 18.2 Å². The average Bonchev–Trinajstić information content (AvgIpc) is 3.99. The first-order valence-corrected chi connectivity index (χ1v) is 19.6. The van der Waals surface area contributed by atoms with Crippen LogP contribution in [0, 0.1) is 5.92 Å². The van der Waals surface area contributed by atoms with Crippen LogP contribution in [0.4, 0.5) is 10.5 Å². The topological polar surface area (TPSA) is 197 Å². The first-order chi connectivity index (χ1) is 28.0. The first-order valence-electron chi connectivity index (χ1n) is 18.8. The van der Waals surface area contributed by atoms with Crippen molar-refractivity contribution in [1.82, 2.24) is 25.9 Å². The highest BCUT2D eigenvalue weighted by molar-refractivity contribution is 9.10. The van der Waals surface area contributed by atoms with E-state index in [1.807, 2.05) is 74.5 Å². The Kier molecular flexibility index (Phi) is 9.19. The Bertz CT molecular complexity index is 2640. The normalized spacial score (nSPS) is 20.1. The molecule has 1 spiro atoms. The van der Waals surface area contributed by atoms with Gasteiger partial charge in [0, 0.05) is 39.2 Å². The summed E-state index contributed by atoms with van der Waals surface area (Å²) in [7, 11) is 0. The van der Waals surface area contributed by atoms with Gasteiger partial charge in [0.25, 0.3) is 5.91 Å². The molecule has 5 heterocycles. The molecule has 4 atom stereocenters. The van der Waals surface area contributed by atoms with Gasteiger partial charge in [-0.2, -0.15) is 0 Å². The van der Waals surface area contributed by atoms with Crippen LogP contribution in [0.1, 0.15) is 74.6 Å². The second-order valence-corrected chi connectivity index (χ2v) is 15.7. The fraction of sp³-hybridized carbons (Fsp3) is 0.233. The third kappa shape index (κ3) is 6.13. The van der Waals surface area contributed by atoms with Gasteiger partial charge in [-0.1, -0.05) is 80.6 Å². The number of halogens is 1. The zero-order valence-corrected chi connectivity index (χ0v) is 32.8. The van der Waals surface area contributed by atoms with Crippen molar-refractivity contribution in [3.05, 3.63) is 141 Å². The lowest BCUT2D eigenvalue weighted by atomic mass is 9.72. The summed E-state index contributed by atoms with van der Waals surface area (Å²) in [5.74, 6) is -1.18. The second kappa shape index (κ2) is 14.4. The molecule has 0 aliphatic carbocycles. The van der Waals surface area contributed by atoms with Crippen LogP contribution in [0.25, 0.3) is 10.9 Å². The van der Waals surface area contributed by atoms with Crippen LogP contribution in [-0.4, -0.2) is 57.6 Å². The van der Waals surface area contributed by atoms with Gasteiger partial charge >= 0.3 is 6.09 Å². The Labute approximate surface area is 339 Å². The zero-order chi connectivity index (χ0) is 40.3. The molecule has 294 valence electrons. The summed E-state index contributed by atoms with van der Waals surface area (Å²) in [5, 5.41) is 22.8. The van der Waals surface area contributed by atoms with Gasteiger partial charge in [-0.25, -0.2) is 9.78 Å². The molecule has 15 heteroatoms. The molecule has 6 aromatic rings. The molecule has 4 aromatic carbocycles. The number of aromatic amines is 1. The number of anilines is 1. The number of benzene rings is 4. The van der Waals surface area contributed by atoms with Crippen LogP contribution in [-0.2, 0) is 28.0 Å². The number of hydrogen-bond acceptors (Lipinski definition) is 10. The number of phenolic OH excluding ortho intramolecular Hbond substituents is 1. The maximum atomic E-state index is 14.5. The zero-order valence-electron chi connectivity index (χ0n) is 31.2. The minimum atomic E-state index is -1.27. The van der Waals surface area contributed by atoms with E-state index < -0.39 is 54.0 Å². The van der Waals surface area contributed by atoms with Crippen molar-refractivity contribution < 1.29 is 38.2 Å². The van der Waals surface area contributed by atoms with Crippen molar-refractivity contribution in [2.45, 2.75) is 50.6 Å². The Morgan fingerprint density at radius 1 is 1.02 bits per heavy atom. The number of rotatable bonds is 8. The Hall–Kier alpha value is -6.61.